The molecule has 23 heavy (non-hydrogen) atoms. The Morgan fingerprint density at radius 3 is 2.61 bits per heavy atom. The number of terminal acetylenes is 1. The van der Waals surface area contributed by atoms with Crippen molar-refractivity contribution < 1.29 is 13.2 Å². The van der Waals surface area contributed by atoms with Gasteiger partial charge >= 0.3 is 0 Å². The molecule has 0 aromatic heterocycles. The lowest BCUT2D eigenvalue weighted by Crippen LogP contribution is -2.11. The highest BCUT2D eigenvalue weighted by Crippen LogP contribution is 2.13. The van der Waals surface area contributed by atoms with E-state index in [0.29, 0.717) is 12.3 Å². The van der Waals surface area contributed by atoms with Crippen LogP contribution in [-0.4, -0.2) is 21.2 Å². The number of benzene rings is 2. The minimum atomic E-state index is -3.66. The zero-order valence-corrected chi connectivity index (χ0v) is 13.2. The van der Waals surface area contributed by atoms with Crippen LogP contribution in [0.15, 0.2) is 58.4 Å². The van der Waals surface area contributed by atoms with Crippen LogP contribution in [0.2, 0.25) is 0 Å². The molecule has 0 atom stereocenters. The Bertz CT molecular complexity index is 835. The van der Waals surface area contributed by atoms with Crippen molar-refractivity contribution >= 4 is 16.2 Å². The van der Waals surface area contributed by atoms with Gasteiger partial charge < -0.3 is 4.74 Å². The van der Waals surface area contributed by atoms with Gasteiger partial charge in [0, 0.05) is 6.21 Å². The van der Waals surface area contributed by atoms with Crippen molar-refractivity contribution in [3.05, 3.63) is 59.7 Å². The summed E-state index contributed by atoms with van der Waals surface area (Å²) in [6.45, 7) is 0.650. The molecule has 118 valence electrons. The molecule has 0 saturated carbocycles. The highest BCUT2D eigenvalue weighted by molar-refractivity contribution is 7.89. The first-order valence-electron chi connectivity index (χ1n) is 6.77. The van der Waals surface area contributed by atoms with Crippen molar-refractivity contribution in [2.24, 2.45) is 10.1 Å². The molecule has 2 rings (SSSR count). The van der Waals surface area contributed by atoms with E-state index in [1.807, 2.05) is 24.3 Å². The summed E-state index contributed by atoms with van der Waals surface area (Å²) in [6.07, 6.45) is 6.87. The Kier molecular flexibility index (Phi) is 5.52. The number of rotatable bonds is 6. The van der Waals surface area contributed by atoms with Gasteiger partial charge in [-0.1, -0.05) is 30.2 Å². The summed E-state index contributed by atoms with van der Waals surface area (Å²) >= 11 is 0. The Balaban J connectivity index is 2.00. The van der Waals surface area contributed by atoms with Crippen molar-refractivity contribution in [1.82, 2.24) is 0 Å². The van der Waals surface area contributed by atoms with Crippen LogP contribution in [-0.2, 0) is 16.6 Å². The van der Waals surface area contributed by atoms with Gasteiger partial charge in [-0.15, -0.1) is 6.42 Å². The van der Waals surface area contributed by atoms with Gasteiger partial charge in [0.2, 0.25) is 10.0 Å². The number of nitrogens with two attached hydrogens (primary N) is 1. The van der Waals surface area contributed by atoms with Crippen LogP contribution in [0.5, 0.6) is 5.75 Å². The number of nitrogens with zero attached hydrogens (tertiary/aromatic N) is 1. The Morgan fingerprint density at radius 2 is 1.96 bits per heavy atom. The average molecular weight is 328 g/mol. The first-order chi connectivity index (χ1) is 11.0. The van der Waals surface area contributed by atoms with E-state index in [4.69, 9.17) is 16.3 Å². The van der Waals surface area contributed by atoms with Crippen LogP contribution in [0.4, 0.5) is 0 Å². The standard InChI is InChI=1S/C17H16N2O3S/c1-2-10-22-16-5-3-4-15(11-16)13-19-12-14-6-8-17(9-7-14)23(18,20)21/h1,3-9,11,13H,10,12H2,(H2,18,20,21). The van der Waals surface area contributed by atoms with Gasteiger partial charge in [-0.25, -0.2) is 13.6 Å². The third-order valence-corrected chi connectivity index (χ3v) is 3.88. The van der Waals surface area contributed by atoms with Gasteiger partial charge in [0.1, 0.15) is 12.4 Å². The van der Waals surface area contributed by atoms with E-state index < -0.39 is 10.0 Å². The normalized spacial score (nSPS) is 11.3. The molecule has 0 aliphatic carbocycles. The van der Waals surface area contributed by atoms with Gasteiger partial charge in [0.05, 0.1) is 11.4 Å². The fourth-order valence-corrected chi connectivity index (χ4v) is 2.37. The summed E-state index contributed by atoms with van der Waals surface area (Å²) in [6, 6.07) is 13.7. The Labute approximate surface area is 135 Å². The lowest BCUT2D eigenvalue weighted by Gasteiger charge is -2.03. The van der Waals surface area contributed by atoms with E-state index in [-0.39, 0.29) is 11.5 Å². The summed E-state index contributed by atoms with van der Waals surface area (Å²) in [5.41, 5.74) is 1.77. The Hall–Kier alpha value is -2.62. The van der Waals surface area contributed by atoms with E-state index in [2.05, 4.69) is 10.9 Å². The fourth-order valence-electron chi connectivity index (χ4n) is 1.85. The van der Waals surface area contributed by atoms with Crippen LogP contribution in [0.3, 0.4) is 0 Å². The SMILES string of the molecule is C#CCOc1cccc(C=NCc2ccc(S(N)(=O)=O)cc2)c1. The van der Waals surface area contributed by atoms with Gasteiger partial charge in [-0.05, 0) is 35.4 Å². The van der Waals surface area contributed by atoms with Crippen LogP contribution in [0.25, 0.3) is 0 Å². The van der Waals surface area contributed by atoms with Gasteiger partial charge in [0.15, 0.2) is 0 Å². The number of hydrogen-bond acceptors (Lipinski definition) is 4. The van der Waals surface area contributed by atoms with Crippen molar-refractivity contribution in [3.63, 3.8) is 0 Å². The molecule has 0 bridgehead atoms. The summed E-state index contributed by atoms with van der Waals surface area (Å²) < 4.78 is 27.7. The molecule has 0 spiro atoms. The Morgan fingerprint density at radius 1 is 1.22 bits per heavy atom. The van der Waals surface area contributed by atoms with E-state index in [0.717, 1.165) is 11.1 Å². The first-order valence-corrected chi connectivity index (χ1v) is 8.31. The third kappa shape index (κ3) is 5.25. The lowest BCUT2D eigenvalue weighted by molar-refractivity contribution is 0.370. The minimum Gasteiger partial charge on any atom is -0.481 e. The van der Waals surface area contributed by atoms with E-state index >= 15 is 0 Å². The molecule has 2 aromatic carbocycles. The van der Waals surface area contributed by atoms with Crippen LogP contribution < -0.4 is 9.88 Å². The van der Waals surface area contributed by atoms with Crippen molar-refractivity contribution in [1.29, 1.82) is 0 Å². The van der Waals surface area contributed by atoms with E-state index in [1.54, 1.807) is 18.3 Å². The summed E-state index contributed by atoms with van der Waals surface area (Å²) in [7, 11) is -3.66. The predicted molar refractivity (Wildman–Crippen MR) is 89.9 cm³/mol. The predicted octanol–water partition coefficient (Wildman–Crippen LogP) is 1.97. The van der Waals surface area contributed by atoms with Crippen LogP contribution in [0.1, 0.15) is 11.1 Å². The molecule has 5 nitrogen and oxygen atoms in total. The second-order valence-electron chi connectivity index (χ2n) is 4.72. The number of aliphatic imine (C=N–C) groups is 1. The third-order valence-electron chi connectivity index (χ3n) is 2.95. The quantitative estimate of drug-likeness (QED) is 0.650. The molecule has 0 unspecified atom stereocenters. The molecule has 0 saturated heterocycles. The maximum Gasteiger partial charge on any atom is 0.238 e. The molecule has 0 radical (unpaired) electrons. The number of primary sulfonamides is 1. The molecule has 6 heteroatoms. The van der Waals surface area contributed by atoms with E-state index in [9.17, 15) is 8.42 Å². The smallest absolute Gasteiger partial charge is 0.238 e. The monoisotopic (exact) mass is 328 g/mol. The fraction of sp³-hybridized carbons (Fsp3) is 0.118. The summed E-state index contributed by atoms with van der Waals surface area (Å²) in [5, 5.41) is 5.05. The maximum absolute atomic E-state index is 11.2. The minimum absolute atomic E-state index is 0.0867. The van der Waals surface area contributed by atoms with Crippen molar-refractivity contribution in [3.8, 4) is 18.1 Å². The first kappa shape index (κ1) is 16.7. The van der Waals surface area contributed by atoms with Crippen molar-refractivity contribution in [2.75, 3.05) is 6.61 Å². The largest absolute Gasteiger partial charge is 0.481 e. The van der Waals surface area contributed by atoms with Gasteiger partial charge in [-0.3, -0.25) is 4.99 Å². The second kappa shape index (κ2) is 7.58. The molecule has 2 N–H and O–H groups in total. The highest BCUT2D eigenvalue weighted by Gasteiger charge is 2.06. The van der Waals surface area contributed by atoms with E-state index in [1.165, 1.54) is 12.1 Å². The molecule has 0 aliphatic rings. The van der Waals surface area contributed by atoms with Crippen LogP contribution >= 0.6 is 0 Å². The molecule has 0 amide bonds. The summed E-state index contributed by atoms with van der Waals surface area (Å²) in [5.74, 6) is 3.09. The topological polar surface area (TPSA) is 81.8 Å². The molecular weight excluding hydrogens is 312 g/mol. The average Bonchev–Trinajstić information content (AvgIpc) is 2.53. The van der Waals surface area contributed by atoms with Gasteiger partial charge in [-0.2, -0.15) is 0 Å². The molecule has 0 fully saturated rings. The number of hydrogen-bond donors (Lipinski definition) is 1. The summed E-state index contributed by atoms with van der Waals surface area (Å²) in [4.78, 5) is 4.41. The lowest BCUT2D eigenvalue weighted by atomic mass is 10.2. The zero-order chi connectivity index (χ0) is 16.7. The van der Waals surface area contributed by atoms with Crippen LogP contribution in [0, 0.1) is 12.3 Å². The molecular formula is C17H16N2O3S. The van der Waals surface area contributed by atoms with Crippen molar-refractivity contribution in [2.45, 2.75) is 11.4 Å². The molecule has 0 heterocycles. The number of sulfonamides is 1. The maximum atomic E-state index is 11.2. The zero-order valence-electron chi connectivity index (χ0n) is 12.3. The van der Waals surface area contributed by atoms with Gasteiger partial charge in [0.25, 0.3) is 0 Å². The molecule has 2 aromatic rings. The molecule has 0 aliphatic heterocycles. The second-order valence-corrected chi connectivity index (χ2v) is 6.29. The highest BCUT2D eigenvalue weighted by atomic mass is 32.2. The number of ether oxygens (including phenoxy) is 1.